The average Bonchev–Trinajstić information content (AvgIpc) is 2.34. The molecule has 4 nitrogen and oxygen atoms in total. The van der Waals surface area contributed by atoms with Crippen molar-refractivity contribution in [3.8, 4) is 0 Å². The summed E-state index contributed by atoms with van der Waals surface area (Å²) < 4.78 is 5.64. The van der Waals surface area contributed by atoms with Gasteiger partial charge < -0.3 is 15.4 Å². The second-order valence-electron chi connectivity index (χ2n) is 5.52. The van der Waals surface area contributed by atoms with Gasteiger partial charge in [0.05, 0.1) is 5.60 Å². The van der Waals surface area contributed by atoms with E-state index in [1.807, 2.05) is 17.9 Å². The summed E-state index contributed by atoms with van der Waals surface area (Å²) in [6.07, 6.45) is 0.768. The maximum Gasteiger partial charge on any atom is 0.248 e. The van der Waals surface area contributed by atoms with Crippen LogP contribution in [0.2, 0.25) is 0 Å². The third-order valence-electron chi connectivity index (χ3n) is 3.55. The van der Waals surface area contributed by atoms with Gasteiger partial charge in [-0.15, -0.1) is 0 Å². The molecule has 1 saturated heterocycles. The minimum Gasteiger partial charge on any atom is -0.364 e. The molecule has 1 unspecified atom stereocenters. The van der Waals surface area contributed by atoms with Crippen LogP contribution in [0.4, 0.5) is 0 Å². The molecule has 0 aromatic heterocycles. The van der Waals surface area contributed by atoms with Crippen LogP contribution in [0.1, 0.15) is 24.5 Å². The van der Waals surface area contributed by atoms with E-state index in [1.165, 1.54) is 5.56 Å². The molecule has 0 aliphatic carbocycles. The minimum atomic E-state index is -0.313. The van der Waals surface area contributed by atoms with Gasteiger partial charge in [-0.05, 0) is 32.4 Å². The molecular formula is C15H22N2O2. The molecule has 2 rings (SSSR count). The SMILES string of the molecule is Cc1cccc(CN2CC(C)(CCN)OCC2=O)c1. The van der Waals surface area contributed by atoms with Gasteiger partial charge in [0.1, 0.15) is 6.61 Å². The Morgan fingerprint density at radius 2 is 2.26 bits per heavy atom. The molecule has 1 amide bonds. The van der Waals surface area contributed by atoms with E-state index in [0.29, 0.717) is 19.6 Å². The first-order valence-corrected chi connectivity index (χ1v) is 6.70. The van der Waals surface area contributed by atoms with Crippen molar-refractivity contribution in [2.75, 3.05) is 19.7 Å². The number of hydrogen-bond acceptors (Lipinski definition) is 3. The van der Waals surface area contributed by atoms with Crippen molar-refractivity contribution >= 4 is 5.91 Å². The zero-order chi connectivity index (χ0) is 13.9. The number of ether oxygens (including phenoxy) is 1. The highest BCUT2D eigenvalue weighted by Gasteiger charge is 2.35. The van der Waals surface area contributed by atoms with Crippen LogP contribution in [0.15, 0.2) is 24.3 Å². The highest BCUT2D eigenvalue weighted by Crippen LogP contribution is 2.23. The van der Waals surface area contributed by atoms with Crippen molar-refractivity contribution in [1.29, 1.82) is 0 Å². The Bertz CT molecular complexity index is 461. The van der Waals surface area contributed by atoms with Crippen molar-refractivity contribution < 1.29 is 9.53 Å². The molecule has 0 bridgehead atoms. The maximum absolute atomic E-state index is 11.9. The standard InChI is InChI=1S/C15H22N2O2/c1-12-4-3-5-13(8-12)9-17-11-15(2,6-7-16)19-10-14(17)18/h3-5,8H,6-7,9-11,16H2,1-2H3. The first kappa shape index (κ1) is 14.0. The molecule has 19 heavy (non-hydrogen) atoms. The Labute approximate surface area is 114 Å². The second-order valence-corrected chi connectivity index (χ2v) is 5.52. The van der Waals surface area contributed by atoms with Crippen LogP contribution < -0.4 is 5.73 Å². The average molecular weight is 262 g/mol. The highest BCUT2D eigenvalue weighted by atomic mass is 16.5. The zero-order valence-electron chi connectivity index (χ0n) is 11.7. The van der Waals surface area contributed by atoms with E-state index in [1.54, 1.807) is 0 Å². The third-order valence-corrected chi connectivity index (χ3v) is 3.55. The lowest BCUT2D eigenvalue weighted by Gasteiger charge is -2.40. The van der Waals surface area contributed by atoms with Crippen LogP contribution in [0, 0.1) is 6.92 Å². The number of hydrogen-bond donors (Lipinski definition) is 1. The van der Waals surface area contributed by atoms with Crippen LogP contribution >= 0.6 is 0 Å². The second kappa shape index (κ2) is 5.72. The maximum atomic E-state index is 11.9. The first-order chi connectivity index (χ1) is 9.02. The molecule has 2 N–H and O–H groups in total. The summed E-state index contributed by atoms with van der Waals surface area (Å²) in [6.45, 7) is 6.06. The van der Waals surface area contributed by atoms with Crippen molar-refractivity contribution in [2.45, 2.75) is 32.4 Å². The topological polar surface area (TPSA) is 55.6 Å². The summed E-state index contributed by atoms with van der Waals surface area (Å²) in [5.41, 5.74) is 7.67. The lowest BCUT2D eigenvalue weighted by atomic mass is 9.99. The van der Waals surface area contributed by atoms with Gasteiger partial charge in [-0.1, -0.05) is 29.8 Å². The van der Waals surface area contributed by atoms with Gasteiger partial charge >= 0.3 is 0 Å². The predicted molar refractivity (Wildman–Crippen MR) is 74.6 cm³/mol. The van der Waals surface area contributed by atoms with Crippen LogP contribution in [-0.4, -0.2) is 36.1 Å². The molecule has 1 heterocycles. The van der Waals surface area contributed by atoms with Gasteiger partial charge in [-0.25, -0.2) is 0 Å². The fourth-order valence-electron chi connectivity index (χ4n) is 2.50. The van der Waals surface area contributed by atoms with Crippen molar-refractivity contribution in [2.24, 2.45) is 5.73 Å². The summed E-state index contributed by atoms with van der Waals surface area (Å²) >= 11 is 0. The predicted octanol–water partition coefficient (Wildman–Crippen LogP) is 1.46. The molecule has 4 heteroatoms. The normalized spacial score (nSPS) is 23.7. The molecule has 0 saturated carbocycles. The van der Waals surface area contributed by atoms with E-state index in [9.17, 15) is 4.79 Å². The Balaban J connectivity index is 2.07. The molecule has 1 fully saturated rings. The Kier molecular flexibility index (Phi) is 4.22. The summed E-state index contributed by atoms with van der Waals surface area (Å²) in [5, 5.41) is 0. The molecule has 1 atom stereocenters. The summed E-state index contributed by atoms with van der Waals surface area (Å²) in [4.78, 5) is 13.8. The molecular weight excluding hydrogens is 240 g/mol. The van der Waals surface area contributed by atoms with Gasteiger partial charge in [0.15, 0.2) is 0 Å². The summed E-state index contributed by atoms with van der Waals surface area (Å²) in [7, 11) is 0. The number of amides is 1. The van der Waals surface area contributed by atoms with Gasteiger partial charge in [-0.2, -0.15) is 0 Å². The fourth-order valence-corrected chi connectivity index (χ4v) is 2.50. The number of morpholine rings is 1. The van der Waals surface area contributed by atoms with Gasteiger partial charge in [0.2, 0.25) is 5.91 Å². The van der Waals surface area contributed by atoms with E-state index in [-0.39, 0.29) is 18.1 Å². The van der Waals surface area contributed by atoms with Crippen LogP contribution in [-0.2, 0) is 16.1 Å². The third kappa shape index (κ3) is 3.55. The number of aryl methyl sites for hydroxylation is 1. The smallest absolute Gasteiger partial charge is 0.248 e. The number of benzene rings is 1. The number of nitrogens with two attached hydrogens (primary N) is 1. The van der Waals surface area contributed by atoms with Crippen LogP contribution in [0.5, 0.6) is 0 Å². The lowest BCUT2D eigenvalue weighted by Crippen LogP contribution is -2.53. The van der Waals surface area contributed by atoms with Crippen LogP contribution in [0.3, 0.4) is 0 Å². The number of carbonyl (C=O) groups is 1. The number of rotatable bonds is 4. The first-order valence-electron chi connectivity index (χ1n) is 6.70. The molecule has 0 radical (unpaired) electrons. The van der Waals surface area contributed by atoms with E-state index >= 15 is 0 Å². The number of nitrogens with zero attached hydrogens (tertiary/aromatic N) is 1. The van der Waals surface area contributed by atoms with Crippen molar-refractivity contribution in [3.63, 3.8) is 0 Å². The Hall–Kier alpha value is -1.39. The van der Waals surface area contributed by atoms with Gasteiger partial charge in [0, 0.05) is 13.1 Å². The highest BCUT2D eigenvalue weighted by molar-refractivity contribution is 5.78. The zero-order valence-corrected chi connectivity index (χ0v) is 11.7. The minimum absolute atomic E-state index is 0.0519. The molecule has 104 valence electrons. The Morgan fingerprint density at radius 1 is 1.47 bits per heavy atom. The lowest BCUT2D eigenvalue weighted by molar-refractivity contribution is -0.162. The van der Waals surface area contributed by atoms with Gasteiger partial charge in [0.25, 0.3) is 0 Å². The summed E-state index contributed by atoms with van der Waals surface area (Å²) in [5.74, 6) is 0.0519. The van der Waals surface area contributed by atoms with Crippen molar-refractivity contribution in [3.05, 3.63) is 35.4 Å². The van der Waals surface area contributed by atoms with Crippen molar-refractivity contribution in [1.82, 2.24) is 4.90 Å². The van der Waals surface area contributed by atoms with E-state index in [0.717, 1.165) is 12.0 Å². The fraction of sp³-hybridized carbons (Fsp3) is 0.533. The van der Waals surface area contributed by atoms with E-state index in [2.05, 4.69) is 25.1 Å². The Morgan fingerprint density at radius 3 is 2.95 bits per heavy atom. The van der Waals surface area contributed by atoms with Gasteiger partial charge in [-0.3, -0.25) is 4.79 Å². The number of carbonyl (C=O) groups excluding carboxylic acids is 1. The monoisotopic (exact) mass is 262 g/mol. The van der Waals surface area contributed by atoms with Crippen LogP contribution in [0.25, 0.3) is 0 Å². The largest absolute Gasteiger partial charge is 0.364 e. The summed E-state index contributed by atoms with van der Waals surface area (Å²) in [6, 6.07) is 8.25. The molecule has 1 aliphatic heterocycles. The molecule has 1 aromatic rings. The molecule has 1 aliphatic rings. The van der Waals surface area contributed by atoms with E-state index < -0.39 is 0 Å². The molecule has 1 aromatic carbocycles. The van der Waals surface area contributed by atoms with E-state index in [4.69, 9.17) is 10.5 Å². The quantitative estimate of drug-likeness (QED) is 0.893. The molecule has 0 spiro atoms.